The lowest BCUT2D eigenvalue weighted by atomic mass is 10.0. The standard InChI is InChI=1S/C16H15ClN2/c17-16-9-5-4-8-14(16)11-19-12-15(10-18)13-6-2-1-3-7-13/h1-9,15,19H,11-12H2. The largest absolute Gasteiger partial charge is 0.311 e. The molecule has 0 aliphatic carbocycles. The Kier molecular flexibility index (Phi) is 4.97. The molecule has 0 aromatic heterocycles. The van der Waals surface area contributed by atoms with E-state index in [1.165, 1.54) is 0 Å². The molecule has 1 N–H and O–H groups in total. The zero-order chi connectivity index (χ0) is 13.5. The summed E-state index contributed by atoms with van der Waals surface area (Å²) in [6, 6.07) is 19.9. The fourth-order valence-electron chi connectivity index (χ4n) is 1.92. The van der Waals surface area contributed by atoms with E-state index in [4.69, 9.17) is 11.6 Å². The van der Waals surface area contributed by atoms with Crippen molar-refractivity contribution in [3.05, 3.63) is 70.7 Å². The molecule has 0 aliphatic heterocycles. The molecule has 3 heteroatoms. The van der Waals surface area contributed by atoms with Gasteiger partial charge in [-0.05, 0) is 17.2 Å². The maximum absolute atomic E-state index is 9.22. The molecule has 0 radical (unpaired) electrons. The summed E-state index contributed by atoms with van der Waals surface area (Å²) < 4.78 is 0. The highest BCUT2D eigenvalue weighted by Gasteiger charge is 2.09. The van der Waals surface area contributed by atoms with Gasteiger partial charge < -0.3 is 5.32 Å². The SMILES string of the molecule is N#CC(CNCc1ccccc1Cl)c1ccccc1. The Hall–Kier alpha value is -1.82. The van der Waals surface area contributed by atoms with Gasteiger partial charge >= 0.3 is 0 Å². The van der Waals surface area contributed by atoms with E-state index in [0.717, 1.165) is 16.1 Å². The predicted octanol–water partition coefficient (Wildman–Crippen LogP) is 3.74. The third-order valence-electron chi connectivity index (χ3n) is 2.98. The summed E-state index contributed by atoms with van der Waals surface area (Å²) in [7, 11) is 0. The summed E-state index contributed by atoms with van der Waals surface area (Å²) in [6.45, 7) is 1.29. The zero-order valence-electron chi connectivity index (χ0n) is 10.5. The molecule has 0 heterocycles. The molecule has 0 aliphatic rings. The van der Waals surface area contributed by atoms with Gasteiger partial charge in [-0.25, -0.2) is 0 Å². The average molecular weight is 271 g/mol. The number of nitrogens with one attached hydrogen (secondary N) is 1. The Balaban J connectivity index is 1.92. The van der Waals surface area contributed by atoms with E-state index in [2.05, 4.69) is 11.4 Å². The Morgan fingerprint density at radius 3 is 2.42 bits per heavy atom. The lowest BCUT2D eigenvalue weighted by Crippen LogP contribution is -2.20. The van der Waals surface area contributed by atoms with E-state index in [1.54, 1.807) is 0 Å². The molecular weight excluding hydrogens is 256 g/mol. The molecular formula is C16H15ClN2. The minimum absolute atomic E-state index is 0.135. The Bertz CT molecular complexity index is 560. The molecule has 1 atom stereocenters. The van der Waals surface area contributed by atoms with Crippen molar-refractivity contribution in [3.8, 4) is 6.07 Å². The fraction of sp³-hybridized carbons (Fsp3) is 0.188. The van der Waals surface area contributed by atoms with Gasteiger partial charge in [0.1, 0.15) is 0 Å². The number of halogens is 1. The van der Waals surface area contributed by atoms with Crippen molar-refractivity contribution in [2.24, 2.45) is 0 Å². The van der Waals surface area contributed by atoms with Gasteiger partial charge in [-0.3, -0.25) is 0 Å². The van der Waals surface area contributed by atoms with Crippen molar-refractivity contribution in [2.75, 3.05) is 6.54 Å². The van der Waals surface area contributed by atoms with Gasteiger partial charge in [-0.15, -0.1) is 0 Å². The highest BCUT2D eigenvalue weighted by atomic mass is 35.5. The molecule has 2 nitrogen and oxygen atoms in total. The average Bonchev–Trinajstić information content (AvgIpc) is 2.46. The quantitative estimate of drug-likeness (QED) is 0.898. The third kappa shape index (κ3) is 3.82. The van der Waals surface area contributed by atoms with Crippen LogP contribution < -0.4 is 5.32 Å². The maximum atomic E-state index is 9.22. The molecule has 19 heavy (non-hydrogen) atoms. The summed E-state index contributed by atoms with van der Waals surface area (Å²) in [5.74, 6) is -0.135. The molecule has 0 bridgehead atoms. The molecule has 2 aromatic carbocycles. The van der Waals surface area contributed by atoms with E-state index in [0.29, 0.717) is 13.1 Å². The van der Waals surface area contributed by atoms with Crippen molar-refractivity contribution in [1.82, 2.24) is 5.32 Å². The molecule has 1 unspecified atom stereocenters. The summed E-state index contributed by atoms with van der Waals surface area (Å²) in [4.78, 5) is 0. The molecule has 96 valence electrons. The first kappa shape index (κ1) is 13.6. The molecule has 2 aromatic rings. The van der Waals surface area contributed by atoms with Gasteiger partial charge in [0.25, 0.3) is 0 Å². The van der Waals surface area contributed by atoms with E-state index in [-0.39, 0.29) is 5.92 Å². The molecule has 2 rings (SSSR count). The second-order valence-electron chi connectivity index (χ2n) is 4.31. The topological polar surface area (TPSA) is 35.8 Å². The van der Waals surface area contributed by atoms with E-state index in [1.807, 2.05) is 54.6 Å². The molecule has 0 saturated carbocycles. The van der Waals surface area contributed by atoms with Crippen molar-refractivity contribution in [2.45, 2.75) is 12.5 Å². The first-order valence-corrected chi connectivity index (χ1v) is 6.57. The van der Waals surface area contributed by atoms with Gasteiger partial charge in [0, 0.05) is 18.1 Å². The Morgan fingerprint density at radius 2 is 1.74 bits per heavy atom. The lowest BCUT2D eigenvalue weighted by Gasteiger charge is -2.11. The summed E-state index contributed by atoms with van der Waals surface area (Å²) >= 11 is 6.09. The van der Waals surface area contributed by atoms with E-state index < -0.39 is 0 Å². The van der Waals surface area contributed by atoms with Crippen LogP contribution in [-0.4, -0.2) is 6.54 Å². The first-order chi connectivity index (χ1) is 9.31. The molecule has 0 fully saturated rings. The molecule has 0 amide bonds. The van der Waals surface area contributed by atoms with E-state index >= 15 is 0 Å². The van der Waals surface area contributed by atoms with Gasteiger partial charge in [-0.1, -0.05) is 60.1 Å². The van der Waals surface area contributed by atoms with Crippen LogP contribution in [-0.2, 0) is 6.54 Å². The highest BCUT2D eigenvalue weighted by Crippen LogP contribution is 2.16. The lowest BCUT2D eigenvalue weighted by molar-refractivity contribution is 0.652. The second-order valence-corrected chi connectivity index (χ2v) is 4.72. The number of nitrogens with zero attached hydrogens (tertiary/aromatic N) is 1. The van der Waals surface area contributed by atoms with Gasteiger partial charge in [0.15, 0.2) is 0 Å². The molecule has 0 spiro atoms. The summed E-state index contributed by atoms with van der Waals surface area (Å²) in [5.41, 5.74) is 2.09. The predicted molar refractivity (Wildman–Crippen MR) is 78.0 cm³/mol. The van der Waals surface area contributed by atoms with Crippen molar-refractivity contribution < 1.29 is 0 Å². The highest BCUT2D eigenvalue weighted by molar-refractivity contribution is 6.31. The molecule has 0 saturated heterocycles. The van der Waals surface area contributed by atoms with Crippen LogP contribution in [0, 0.1) is 11.3 Å². The monoisotopic (exact) mass is 270 g/mol. The fourth-order valence-corrected chi connectivity index (χ4v) is 2.12. The van der Waals surface area contributed by atoms with Crippen LogP contribution in [0.15, 0.2) is 54.6 Å². The number of nitriles is 1. The van der Waals surface area contributed by atoms with Gasteiger partial charge in [0.05, 0.1) is 12.0 Å². The van der Waals surface area contributed by atoms with Crippen molar-refractivity contribution in [3.63, 3.8) is 0 Å². The second kappa shape index (κ2) is 6.94. The maximum Gasteiger partial charge on any atom is 0.0837 e. The van der Waals surface area contributed by atoms with Gasteiger partial charge in [0.2, 0.25) is 0 Å². The van der Waals surface area contributed by atoms with Crippen LogP contribution >= 0.6 is 11.6 Å². The summed E-state index contributed by atoms with van der Waals surface area (Å²) in [6.07, 6.45) is 0. The number of hydrogen-bond acceptors (Lipinski definition) is 2. The van der Waals surface area contributed by atoms with Crippen LogP contribution in [0.25, 0.3) is 0 Å². The van der Waals surface area contributed by atoms with Crippen LogP contribution in [0.2, 0.25) is 5.02 Å². The number of hydrogen-bond donors (Lipinski definition) is 1. The number of benzene rings is 2. The number of rotatable bonds is 5. The Labute approximate surface area is 118 Å². The summed E-state index contributed by atoms with van der Waals surface area (Å²) in [5, 5.41) is 13.3. The smallest absolute Gasteiger partial charge is 0.0837 e. The van der Waals surface area contributed by atoms with Crippen molar-refractivity contribution >= 4 is 11.6 Å². The Morgan fingerprint density at radius 1 is 1.05 bits per heavy atom. The minimum atomic E-state index is -0.135. The third-order valence-corrected chi connectivity index (χ3v) is 3.35. The van der Waals surface area contributed by atoms with Crippen LogP contribution in [0.3, 0.4) is 0 Å². The van der Waals surface area contributed by atoms with Crippen LogP contribution in [0.1, 0.15) is 17.0 Å². The first-order valence-electron chi connectivity index (χ1n) is 6.20. The van der Waals surface area contributed by atoms with Crippen molar-refractivity contribution in [1.29, 1.82) is 5.26 Å². The van der Waals surface area contributed by atoms with Crippen LogP contribution in [0.5, 0.6) is 0 Å². The zero-order valence-corrected chi connectivity index (χ0v) is 11.3. The van der Waals surface area contributed by atoms with E-state index in [9.17, 15) is 5.26 Å². The minimum Gasteiger partial charge on any atom is -0.311 e. The van der Waals surface area contributed by atoms with Crippen LogP contribution in [0.4, 0.5) is 0 Å². The van der Waals surface area contributed by atoms with Gasteiger partial charge in [-0.2, -0.15) is 5.26 Å². The normalized spacial score (nSPS) is 11.8.